The average Bonchev–Trinajstić information content (AvgIpc) is 2.93. The van der Waals surface area contributed by atoms with Crippen LogP contribution in [0.5, 0.6) is 5.75 Å². The maximum absolute atomic E-state index is 5.17. The van der Waals surface area contributed by atoms with Crippen LogP contribution in [0.15, 0.2) is 24.3 Å². The van der Waals surface area contributed by atoms with E-state index in [9.17, 15) is 0 Å². The lowest BCUT2D eigenvalue weighted by molar-refractivity contribution is 0.315. The van der Waals surface area contributed by atoms with Crippen molar-refractivity contribution in [2.45, 2.75) is 26.4 Å². The number of nitrogens with one attached hydrogen (secondary N) is 1. The Balaban J connectivity index is 1.91. The van der Waals surface area contributed by atoms with Crippen molar-refractivity contribution in [1.29, 1.82) is 0 Å². The minimum absolute atomic E-state index is 0.786. The molecule has 6 heteroatoms. The Labute approximate surface area is 130 Å². The van der Waals surface area contributed by atoms with E-state index >= 15 is 0 Å². The molecular weight excluding hydrogens is 284 g/mol. The maximum Gasteiger partial charge on any atom is 0.134 e. The minimum Gasteiger partial charge on any atom is -0.497 e. The van der Waals surface area contributed by atoms with Crippen LogP contribution in [-0.2, 0) is 13.1 Å². The van der Waals surface area contributed by atoms with Crippen LogP contribution >= 0.6 is 11.5 Å². The summed E-state index contributed by atoms with van der Waals surface area (Å²) in [4.78, 5) is 2.23. The lowest BCUT2D eigenvalue weighted by Crippen LogP contribution is -2.18. The van der Waals surface area contributed by atoms with Gasteiger partial charge >= 0.3 is 0 Å². The molecule has 0 atom stereocenters. The first-order valence-corrected chi connectivity index (χ1v) is 7.86. The van der Waals surface area contributed by atoms with E-state index in [1.54, 1.807) is 7.11 Å². The molecule has 0 spiro atoms. The van der Waals surface area contributed by atoms with Crippen molar-refractivity contribution in [2.75, 3.05) is 26.0 Å². The van der Waals surface area contributed by atoms with Crippen molar-refractivity contribution in [2.24, 2.45) is 0 Å². The number of hydrogen-bond donors (Lipinski definition) is 1. The zero-order valence-corrected chi connectivity index (χ0v) is 13.6. The van der Waals surface area contributed by atoms with Crippen molar-refractivity contribution >= 4 is 16.5 Å². The van der Waals surface area contributed by atoms with Crippen molar-refractivity contribution in [3.8, 4) is 5.75 Å². The van der Waals surface area contributed by atoms with Gasteiger partial charge in [0, 0.05) is 31.2 Å². The molecule has 0 saturated heterocycles. The number of aromatic nitrogens is 2. The van der Waals surface area contributed by atoms with Crippen LogP contribution in [0.3, 0.4) is 0 Å². The van der Waals surface area contributed by atoms with E-state index in [0.29, 0.717) is 0 Å². The molecule has 0 aliphatic carbocycles. The molecule has 1 aromatic carbocycles. The summed E-state index contributed by atoms with van der Waals surface area (Å²) in [7, 11) is 3.77. The second-order valence-corrected chi connectivity index (χ2v) is 5.75. The second kappa shape index (κ2) is 7.95. The molecule has 0 aliphatic heterocycles. The minimum atomic E-state index is 0.786. The summed E-state index contributed by atoms with van der Waals surface area (Å²) < 4.78 is 9.22. The molecule has 1 N–H and O–H groups in total. The number of ether oxygens (including phenoxy) is 1. The lowest BCUT2D eigenvalue weighted by Gasteiger charge is -2.16. The maximum atomic E-state index is 5.17. The fourth-order valence-corrected chi connectivity index (χ4v) is 2.64. The molecular formula is C15H22N4OS. The van der Waals surface area contributed by atoms with E-state index in [4.69, 9.17) is 4.74 Å². The Morgan fingerprint density at radius 1 is 1.24 bits per heavy atom. The summed E-state index contributed by atoms with van der Waals surface area (Å²) in [5, 5.41) is 8.68. The zero-order chi connectivity index (χ0) is 15.1. The highest BCUT2D eigenvalue weighted by atomic mass is 32.1. The molecule has 0 unspecified atom stereocenters. The fourth-order valence-electron chi connectivity index (χ4n) is 2.04. The van der Waals surface area contributed by atoms with Gasteiger partial charge in [-0.1, -0.05) is 23.5 Å². The Bertz CT molecular complexity index is 541. The van der Waals surface area contributed by atoms with Crippen molar-refractivity contribution in [3.63, 3.8) is 0 Å². The summed E-state index contributed by atoms with van der Waals surface area (Å²) in [6.45, 7) is 4.76. The monoisotopic (exact) mass is 306 g/mol. The molecule has 21 heavy (non-hydrogen) atoms. The number of nitrogens with zero attached hydrogens (tertiary/aromatic N) is 3. The van der Waals surface area contributed by atoms with E-state index in [1.807, 2.05) is 12.1 Å². The molecule has 1 heterocycles. The topological polar surface area (TPSA) is 50.3 Å². The van der Waals surface area contributed by atoms with Crippen LogP contribution in [0.4, 0.5) is 5.00 Å². The summed E-state index contributed by atoms with van der Waals surface area (Å²) in [6, 6.07) is 8.15. The predicted molar refractivity (Wildman–Crippen MR) is 86.9 cm³/mol. The van der Waals surface area contributed by atoms with Gasteiger partial charge in [-0.25, -0.2) is 0 Å². The first-order chi connectivity index (χ1) is 10.2. The number of rotatable bonds is 8. The molecule has 0 bridgehead atoms. The van der Waals surface area contributed by atoms with Crippen molar-refractivity contribution in [3.05, 3.63) is 35.5 Å². The standard InChI is InChI=1S/C15H22N4OS/c1-4-9-16-15-14(17-18-21-15)11-19(2)10-12-5-7-13(20-3)8-6-12/h5-8,16H,4,9-11H2,1-3H3. The van der Waals surface area contributed by atoms with Crippen molar-refractivity contribution in [1.82, 2.24) is 14.5 Å². The second-order valence-electron chi connectivity index (χ2n) is 5.00. The van der Waals surface area contributed by atoms with E-state index < -0.39 is 0 Å². The lowest BCUT2D eigenvalue weighted by atomic mass is 10.2. The van der Waals surface area contributed by atoms with Crippen LogP contribution in [0.2, 0.25) is 0 Å². The molecule has 2 aromatic rings. The van der Waals surface area contributed by atoms with Gasteiger partial charge in [-0.15, -0.1) is 5.10 Å². The Morgan fingerprint density at radius 3 is 2.67 bits per heavy atom. The van der Waals surface area contributed by atoms with Gasteiger partial charge < -0.3 is 10.1 Å². The van der Waals surface area contributed by atoms with Crippen LogP contribution in [0.1, 0.15) is 24.6 Å². The average molecular weight is 306 g/mol. The molecule has 1 aromatic heterocycles. The molecule has 0 aliphatic rings. The third kappa shape index (κ3) is 4.68. The third-order valence-corrected chi connectivity index (χ3v) is 3.85. The fraction of sp³-hybridized carbons (Fsp3) is 0.467. The van der Waals surface area contributed by atoms with Gasteiger partial charge in [-0.2, -0.15) is 0 Å². The smallest absolute Gasteiger partial charge is 0.134 e. The number of hydrogen-bond acceptors (Lipinski definition) is 6. The molecule has 114 valence electrons. The SMILES string of the molecule is CCCNc1snnc1CN(C)Cc1ccc(OC)cc1. The highest BCUT2D eigenvalue weighted by molar-refractivity contribution is 7.10. The largest absolute Gasteiger partial charge is 0.497 e. The molecule has 0 saturated carbocycles. The molecule has 0 radical (unpaired) electrons. The van der Waals surface area contributed by atoms with Gasteiger partial charge in [0.25, 0.3) is 0 Å². The van der Waals surface area contributed by atoms with E-state index in [1.165, 1.54) is 17.1 Å². The number of anilines is 1. The molecule has 2 rings (SSSR count). The highest BCUT2D eigenvalue weighted by Crippen LogP contribution is 2.20. The zero-order valence-electron chi connectivity index (χ0n) is 12.8. The summed E-state index contributed by atoms with van der Waals surface area (Å²) in [6.07, 6.45) is 1.10. The van der Waals surface area contributed by atoms with E-state index in [2.05, 4.69) is 45.9 Å². The Hall–Kier alpha value is -1.66. The molecule has 0 fully saturated rings. The predicted octanol–water partition coefficient (Wildman–Crippen LogP) is 3.00. The van der Waals surface area contributed by atoms with Crippen LogP contribution in [0.25, 0.3) is 0 Å². The van der Waals surface area contributed by atoms with Gasteiger partial charge in [-0.3, -0.25) is 4.90 Å². The first kappa shape index (κ1) is 15.7. The van der Waals surface area contributed by atoms with E-state index in [-0.39, 0.29) is 0 Å². The molecule has 0 amide bonds. The highest BCUT2D eigenvalue weighted by Gasteiger charge is 2.10. The van der Waals surface area contributed by atoms with Gasteiger partial charge in [-0.05, 0) is 31.2 Å². The quantitative estimate of drug-likeness (QED) is 0.812. The van der Waals surface area contributed by atoms with Crippen LogP contribution in [-0.4, -0.2) is 35.2 Å². The van der Waals surface area contributed by atoms with Crippen LogP contribution in [0, 0.1) is 0 Å². The van der Waals surface area contributed by atoms with E-state index in [0.717, 1.165) is 42.5 Å². The summed E-state index contributed by atoms with van der Waals surface area (Å²) in [5.41, 5.74) is 2.27. The van der Waals surface area contributed by atoms with Gasteiger partial charge in [0.1, 0.15) is 16.4 Å². The number of methoxy groups -OCH3 is 1. The van der Waals surface area contributed by atoms with Gasteiger partial charge in [0.05, 0.1) is 7.11 Å². The Kier molecular flexibility index (Phi) is 5.95. The van der Waals surface area contributed by atoms with Gasteiger partial charge in [0.2, 0.25) is 0 Å². The summed E-state index contributed by atoms with van der Waals surface area (Å²) >= 11 is 1.43. The molecule has 5 nitrogen and oxygen atoms in total. The Morgan fingerprint density at radius 2 is 2.00 bits per heavy atom. The van der Waals surface area contributed by atoms with Crippen molar-refractivity contribution < 1.29 is 4.74 Å². The summed E-state index contributed by atoms with van der Waals surface area (Å²) in [5.74, 6) is 0.885. The number of benzene rings is 1. The van der Waals surface area contributed by atoms with Gasteiger partial charge in [0.15, 0.2) is 0 Å². The third-order valence-electron chi connectivity index (χ3n) is 3.12. The normalized spacial score (nSPS) is 10.9. The first-order valence-electron chi connectivity index (χ1n) is 7.09. The van der Waals surface area contributed by atoms with Crippen LogP contribution < -0.4 is 10.1 Å².